The summed E-state index contributed by atoms with van der Waals surface area (Å²) in [5, 5.41) is 0. The molecule has 2 rings (SSSR count). The van der Waals surface area contributed by atoms with Crippen LogP contribution in [0.25, 0.3) is 0 Å². The van der Waals surface area contributed by atoms with Gasteiger partial charge in [0.1, 0.15) is 0 Å². The summed E-state index contributed by atoms with van der Waals surface area (Å²) in [6, 6.07) is 7.73. The van der Waals surface area contributed by atoms with Crippen molar-refractivity contribution in [3.8, 4) is 0 Å². The van der Waals surface area contributed by atoms with E-state index in [4.69, 9.17) is 0 Å². The molecule has 0 fully saturated rings. The van der Waals surface area contributed by atoms with Crippen LogP contribution in [0.5, 0.6) is 0 Å². The van der Waals surface area contributed by atoms with Gasteiger partial charge in [-0.25, -0.2) is 0 Å². The molecule has 21 heavy (non-hydrogen) atoms. The molecular weight excluding hydrogens is 264 g/mol. The Hall–Kier alpha value is -1.84. The van der Waals surface area contributed by atoms with Crippen LogP contribution in [-0.4, -0.2) is 36.9 Å². The second-order valence-electron chi connectivity index (χ2n) is 5.59. The molecule has 1 aromatic carbocycles. The van der Waals surface area contributed by atoms with Crippen LogP contribution in [0, 0.1) is 0 Å². The molecule has 1 aliphatic rings. The summed E-state index contributed by atoms with van der Waals surface area (Å²) < 4.78 is 0. The third-order valence-electron chi connectivity index (χ3n) is 4.02. The van der Waals surface area contributed by atoms with Crippen molar-refractivity contribution in [2.45, 2.75) is 39.0 Å². The number of anilines is 1. The highest BCUT2D eigenvalue weighted by atomic mass is 16.2. The van der Waals surface area contributed by atoms with Gasteiger partial charge in [-0.2, -0.15) is 0 Å². The standard InChI is InChI=1S/C17H24N2O2/c1-4-10-19(11-5-2)17(21)14-12-16(20)18(3)15-9-7-6-8-13(14)15/h6-9,14H,4-5,10-12H2,1-3H3. The monoisotopic (exact) mass is 288 g/mol. The van der Waals surface area contributed by atoms with Crippen molar-refractivity contribution in [1.29, 1.82) is 0 Å². The molecule has 1 heterocycles. The van der Waals surface area contributed by atoms with Crippen LogP contribution in [0.2, 0.25) is 0 Å². The van der Waals surface area contributed by atoms with Gasteiger partial charge in [0.25, 0.3) is 0 Å². The van der Waals surface area contributed by atoms with E-state index in [2.05, 4.69) is 13.8 Å². The van der Waals surface area contributed by atoms with Gasteiger partial charge >= 0.3 is 0 Å². The Morgan fingerprint density at radius 2 is 1.86 bits per heavy atom. The summed E-state index contributed by atoms with van der Waals surface area (Å²) in [5.74, 6) is -0.226. The lowest BCUT2D eigenvalue weighted by molar-refractivity contribution is -0.135. The van der Waals surface area contributed by atoms with Crippen molar-refractivity contribution in [1.82, 2.24) is 4.90 Å². The SMILES string of the molecule is CCCN(CCC)C(=O)C1CC(=O)N(C)c2ccccc21. The normalized spacial score (nSPS) is 17.6. The van der Waals surface area contributed by atoms with Crippen LogP contribution in [-0.2, 0) is 9.59 Å². The highest BCUT2D eigenvalue weighted by Gasteiger charge is 2.35. The van der Waals surface area contributed by atoms with Crippen molar-refractivity contribution in [3.05, 3.63) is 29.8 Å². The Labute approximate surface area is 126 Å². The average Bonchev–Trinajstić information content (AvgIpc) is 2.50. The van der Waals surface area contributed by atoms with E-state index in [0.29, 0.717) is 0 Å². The maximum Gasteiger partial charge on any atom is 0.230 e. The predicted molar refractivity (Wildman–Crippen MR) is 84.4 cm³/mol. The molecule has 4 nitrogen and oxygen atoms in total. The number of fused-ring (bicyclic) bond motifs is 1. The van der Waals surface area contributed by atoms with E-state index >= 15 is 0 Å². The topological polar surface area (TPSA) is 40.6 Å². The number of carbonyl (C=O) groups excluding carboxylic acids is 2. The minimum atomic E-state index is -0.331. The fourth-order valence-corrected chi connectivity index (χ4v) is 2.96. The number of hydrogen-bond acceptors (Lipinski definition) is 2. The zero-order valence-corrected chi connectivity index (χ0v) is 13.1. The van der Waals surface area contributed by atoms with Gasteiger partial charge in [-0.05, 0) is 24.5 Å². The van der Waals surface area contributed by atoms with Gasteiger partial charge in [0.2, 0.25) is 11.8 Å². The summed E-state index contributed by atoms with van der Waals surface area (Å²) in [5.41, 5.74) is 1.84. The number of amides is 2. The Morgan fingerprint density at radius 3 is 2.48 bits per heavy atom. The van der Waals surface area contributed by atoms with Crippen molar-refractivity contribution >= 4 is 17.5 Å². The van der Waals surface area contributed by atoms with Crippen LogP contribution in [0.1, 0.15) is 44.6 Å². The molecule has 4 heteroatoms. The molecule has 0 N–H and O–H groups in total. The third-order valence-corrected chi connectivity index (χ3v) is 4.02. The van der Waals surface area contributed by atoms with Crippen LogP contribution in [0.15, 0.2) is 24.3 Å². The van der Waals surface area contributed by atoms with E-state index in [-0.39, 0.29) is 24.2 Å². The third kappa shape index (κ3) is 3.09. The zero-order chi connectivity index (χ0) is 15.4. The largest absolute Gasteiger partial charge is 0.342 e. The lowest BCUT2D eigenvalue weighted by Gasteiger charge is -2.34. The molecule has 0 bridgehead atoms. The number of rotatable bonds is 5. The van der Waals surface area contributed by atoms with Crippen LogP contribution >= 0.6 is 0 Å². The minimum Gasteiger partial charge on any atom is -0.342 e. The predicted octanol–water partition coefficient (Wildman–Crippen LogP) is 2.79. The fourth-order valence-electron chi connectivity index (χ4n) is 2.96. The van der Waals surface area contributed by atoms with E-state index in [1.807, 2.05) is 29.2 Å². The first kappa shape index (κ1) is 15.5. The van der Waals surface area contributed by atoms with Crippen LogP contribution < -0.4 is 4.90 Å². The molecule has 0 aromatic heterocycles. The average molecular weight is 288 g/mol. The van der Waals surface area contributed by atoms with E-state index in [1.54, 1.807) is 11.9 Å². The van der Waals surface area contributed by atoms with E-state index in [0.717, 1.165) is 37.2 Å². The summed E-state index contributed by atoms with van der Waals surface area (Å²) in [6.07, 6.45) is 2.15. The first-order valence-corrected chi connectivity index (χ1v) is 7.74. The zero-order valence-electron chi connectivity index (χ0n) is 13.1. The minimum absolute atomic E-state index is 0.0139. The van der Waals surface area contributed by atoms with Gasteiger partial charge in [-0.15, -0.1) is 0 Å². The summed E-state index contributed by atoms with van der Waals surface area (Å²) in [4.78, 5) is 28.6. The highest BCUT2D eigenvalue weighted by molar-refractivity contribution is 6.02. The molecule has 0 radical (unpaired) electrons. The molecule has 1 aromatic rings. The molecular formula is C17H24N2O2. The maximum atomic E-state index is 12.8. The van der Waals surface area contributed by atoms with Crippen LogP contribution in [0.3, 0.4) is 0 Å². The second-order valence-corrected chi connectivity index (χ2v) is 5.59. The lowest BCUT2D eigenvalue weighted by atomic mass is 9.88. The van der Waals surface area contributed by atoms with Gasteiger partial charge in [0, 0.05) is 32.2 Å². The van der Waals surface area contributed by atoms with E-state index in [1.165, 1.54) is 0 Å². The summed E-state index contributed by atoms with van der Waals surface area (Å²) in [6.45, 7) is 5.66. The Kier molecular flexibility index (Phi) is 4.99. The van der Waals surface area contributed by atoms with Gasteiger partial charge < -0.3 is 9.80 Å². The second kappa shape index (κ2) is 6.74. The molecule has 2 amide bonds. The highest BCUT2D eigenvalue weighted by Crippen LogP contribution is 2.36. The molecule has 1 aliphatic heterocycles. The molecule has 1 unspecified atom stereocenters. The first-order valence-electron chi connectivity index (χ1n) is 7.74. The van der Waals surface area contributed by atoms with E-state index < -0.39 is 0 Å². The first-order chi connectivity index (χ1) is 10.1. The van der Waals surface area contributed by atoms with E-state index in [9.17, 15) is 9.59 Å². The number of carbonyl (C=O) groups is 2. The van der Waals surface area contributed by atoms with Gasteiger partial charge in [-0.3, -0.25) is 9.59 Å². The quantitative estimate of drug-likeness (QED) is 0.836. The fraction of sp³-hybridized carbons (Fsp3) is 0.529. The van der Waals surface area contributed by atoms with Gasteiger partial charge in [0.15, 0.2) is 0 Å². The lowest BCUT2D eigenvalue weighted by Crippen LogP contribution is -2.42. The number of para-hydroxylation sites is 1. The Bertz CT molecular complexity index is 521. The van der Waals surface area contributed by atoms with Gasteiger partial charge in [0.05, 0.1) is 5.92 Å². The molecule has 0 saturated carbocycles. The van der Waals surface area contributed by atoms with Gasteiger partial charge in [-0.1, -0.05) is 32.0 Å². The number of benzene rings is 1. The van der Waals surface area contributed by atoms with Crippen LogP contribution in [0.4, 0.5) is 5.69 Å². The van der Waals surface area contributed by atoms with Crippen molar-refractivity contribution in [2.75, 3.05) is 25.0 Å². The Morgan fingerprint density at radius 1 is 1.24 bits per heavy atom. The number of nitrogens with zero attached hydrogens (tertiary/aromatic N) is 2. The summed E-state index contributed by atoms with van der Waals surface area (Å²) in [7, 11) is 1.78. The molecule has 0 spiro atoms. The maximum absolute atomic E-state index is 12.8. The smallest absolute Gasteiger partial charge is 0.230 e. The molecule has 114 valence electrons. The van der Waals surface area contributed by atoms with Crippen molar-refractivity contribution < 1.29 is 9.59 Å². The number of hydrogen-bond donors (Lipinski definition) is 0. The van der Waals surface area contributed by atoms with Crippen molar-refractivity contribution in [2.24, 2.45) is 0 Å². The van der Waals surface area contributed by atoms with Crippen molar-refractivity contribution in [3.63, 3.8) is 0 Å². The molecule has 0 saturated heterocycles. The molecule has 0 aliphatic carbocycles. The Balaban J connectivity index is 2.32. The molecule has 1 atom stereocenters. The summed E-state index contributed by atoms with van der Waals surface area (Å²) >= 11 is 0.